The number of aromatic nitrogens is 1. The molecule has 4 nitrogen and oxygen atoms in total. The summed E-state index contributed by atoms with van der Waals surface area (Å²) in [6.45, 7) is 0.327. The summed E-state index contributed by atoms with van der Waals surface area (Å²) >= 11 is 5.76. The van der Waals surface area contributed by atoms with Crippen LogP contribution in [0.1, 0.15) is 18.0 Å². The van der Waals surface area contributed by atoms with E-state index >= 15 is 0 Å². The minimum Gasteiger partial charge on any atom is -0.497 e. The van der Waals surface area contributed by atoms with E-state index in [9.17, 15) is 9.50 Å². The first kappa shape index (κ1) is 15.1. The van der Waals surface area contributed by atoms with E-state index in [4.69, 9.17) is 16.3 Å². The minimum absolute atomic E-state index is 0.159. The van der Waals surface area contributed by atoms with Gasteiger partial charge in [-0.25, -0.2) is 9.37 Å². The van der Waals surface area contributed by atoms with Gasteiger partial charge < -0.3 is 14.7 Å². The number of hydrogen-bond donors (Lipinski definition) is 1. The van der Waals surface area contributed by atoms with Crippen molar-refractivity contribution in [2.45, 2.75) is 18.6 Å². The number of ether oxygens (including phenoxy) is 1. The Hall–Kier alpha value is -1.85. The van der Waals surface area contributed by atoms with Crippen LogP contribution in [0.4, 0.5) is 10.2 Å². The number of hydrogen-bond acceptors (Lipinski definition) is 4. The van der Waals surface area contributed by atoms with Gasteiger partial charge in [-0.1, -0.05) is 23.7 Å². The van der Waals surface area contributed by atoms with E-state index in [1.165, 1.54) is 12.3 Å². The van der Waals surface area contributed by atoms with Crippen molar-refractivity contribution < 1.29 is 14.2 Å². The Labute approximate surface area is 133 Å². The Kier molecular flexibility index (Phi) is 4.18. The number of anilines is 1. The van der Waals surface area contributed by atoms with Gasteiger partial charge in [0.05, 0.1) is 24.3 Å². The standard InChI is InChI=1S/C16H16ClFN2O2/c1-22-13-4-2-3-10(5-13)15-7-12(21)9-20(15)16-14(18)6-11(17)8-19-16/h2-6,8,12,15,21H,7,9H2,1H3/t12-,15+/m0/s1. The first-order chi connectivity index (χ1) is 10.6. The van der Waals surface area contributed by atoms with Gasteiger partial charge in [0, 0.05) is 12.7 Å². The molecule has 1 aromatic heterocycles. The van der Waals surface area contributed by atoms with E-state index in [-0.39, 0.29) is 16.9 Å². The Morgan fingerprint density at radius 1 is 1.41 bits per heavy atom. The fraction of sp³-hybridized carbons (Fsp3) is 0.312. The molecule has 0 bridgehead atoms. The molecule has 0 amide bonds. The lowest BCUT2D eigenvalue weighted by Crippen LogP contribution is -2.26. The molecule has 2 atom stereocenters. The van der Waals surface area contributed by atoms with Crippen LogP contribution in [0.25, 0.3) is 0 Å². The lowest BCUT2D eigenvalue weighted by atomic mass is 10.0. The van der Waals surface area contributed by atoms with Gasteiger partial charge in [0.25, 0.3) is 0 Å². The molecule has 1 saturated heterocycles. The third-order valence-corrected chi connectivity index (χ3v) is 4.02. The highest BCUT2D eigenvalue weighted by Crippen LogP contribution is 2.37. The predicted molar refractivity (Wildman–Crippen MR) is 82.9 cm³/mol. The molecule has 1 aliphatic heterocycles. The quantitative estimate of drug-likeness (QED) is 0.942. The van der Waals surface area contributed by atoms with Crippen molar-refractivity contribution >= 4 is 17.4 Å². The molecule has 0 saturated carbocycles. The average Bonchev–Trinajstić information content (AvgIpc) is 2.89. The monoisotopic (exact) mass is 322 g/mol. The van der Waals surface area contributed by atoms with E-state index in [1.807, 2.05) is 24.3 Å². The Balaban J connectivity index is 1.98. The maximum Gasteiger partial charge on any atom is 0.167 e. The largest absolute Gasteiger partial charge is 0.497 e. The van der Waals surface area contributed by atoms with E-state index in [1.54, 1.807) is 12.0 Å². The van der Waals surface area contributed by atoms with E-state index in [0.29, 0.717) is 13.0 Å². The number of aliphatic hydroxyl groups is 1. The molecule has 2 heterocycles. The number of halogens is 2. The molecule has 0 unspecified atom stereocenters. The second kappa shape index (κ2) is 6.10. The van der Waals surface area contributed by atoms with Crippen LogP contribution in [0.2, 0.25) is 5.02 Å². The SMILES string of the molecule is COc1cccc([C@H]2C[C@H](O)CN2c2ncc(Cl)cc2F)c1. The summed E-state index contributed by atoms with van der Waals surface area (Å²) in [5.41, 5.74) is 0.951. The number of β-amino-alcohol motifs (C(OH)–C–C–N with tert-alkyl or cyclic N) is 1. The fourth-order valence-corrected chi connectivity index (χ4v) is 2.98. The number of methoxy groups -OCH3 is 1. The van der Waals surface area contributed by atoms with Crippen LogP contribution < -0.4 is 9.64 Å². The van der Waals surface area contributed by atoms with Crippen LogP contribution in [0.15, 0.2) is 36.5 Å². The van der Waals surface area contributed by atoms with Crippen molar-refractivity contribution in [2.75, 3.05) is 18.6 Å². The summed E-state index contributed by atoms with van der Waals surface area (Å²) in [6.07, 6.45) is 1.39. The molecule has 1 N–H and O–H groups in total. The van der Waals surface area contributed by atoms with Crippen LogP contribution in [-0.2, 0) is 0 Å². The Morgan fingerprint density at radius 3 is 2.95 bits per heavy atom. The predicted octanol–water partition coefficient (Wildman–Crippen LogP) is 3.20. The smallest absolute Gasteiger partial charge is 0.167 e. The lowest BCUT2D eigenvalue weighted by molar-refractivity contribution is 0.194. The third-order valence-electron chi connectivity index (χ3n) is 3.82. The zero-order chi connectivity index (χ0) is 15.7. The summed E-state index contributed by atoms with van der Waals surface area (Å²) in [7, 11) is 1.60. The van der Waals surface area contributed by atoms with Crippen molar-refractivity contribution in [3.8, 4) is 5.75 Å². The molecule has 1 fully saturated rings. The van der Waals surface area contributed by atoms with Gasteiger partial charge in [-0.05, 0) is 30.2 Å². The van der Waals surface area contributed by atoms with Crippen molar-refractivity contribution in [1.29, 1.82) is 0 Å². The first-order valence-corrected chi connectivity index (χ1v) is 7.36. The van der Waals surface area contributed by atoms with Crippen molar-refractivity contribution in [3.05, 3.63) is 52.9 Å². The Morgan fingerprint density at radius 2 is 2.23 bits per heavy atom. The zero-order valence-electron chi connectivity index (χ0n) is 12.0. The molecule has 0 spiro atoms. The van der Waals surface area contributed by atoms with Gasteiger partial charge in [-0.3, -0.25) is 0 Å². The minimum atomic E-state index is -0.534. The van der Waals surface area contributed by atoms with Gasteiger partial charge in [-0.2, -0.15) is 0 Å². The lowest BCUT2D eigenvalue weighted by Gasteiger charge is -2.26. The summed E-state index contributed by atoms with van der Waals surface area (Å²) in [6, 6.07) is 8.63. The molecule has 3 rings (SSSR count). The average molecular weight is 323 g/mol. The molecule has 1 aliphatic rings. The maximum atomic E-state index is 14.2. The highest BCUT2D eigenvalue weighted by atomic mass is 35.5. The number of nitrogens with zero attached hydrogens (tertiary/aromatic N) is 2. The van der Waals surface area contributed by atoms with Gasteiger partial charge in [-0.15, -0.1) is 0 Å². The highest BCUT2D eigenvalue weighted by molar-refractivity contribution is 6.30. The number of pyridine rings is 1. The number of aliphatic hydroxyl groups excluding tert-OH is 1. The summed E-state index contributed by atoms with van der Waals surface area (Å²) < 4.78 is 19.4. The van der Waals surface area contributed by atoms with Gasteiger partial charge in [0.15, 0.2) is 11.6 Å². The molecule has 116 valence electrons. The van der Waals surface area contributed by atoms with E-state index in [2.05, 4.69) is 4.98 Å². The second-order valence-electron chi connectivity index (χ2n) is 5.29. The molecular formula is C16H16ClFN2O2. The molecule has 2 aromatic rings. The van der Waals surface area contributed by atoms with Crippen LogP contribution in [0.3, 0.4) is 0 Å². The van der Waals surface area contributed by atoms with Crippen LogP contribution in [0, 0.1) is 5.82 Å². The maximum absolute atomic E-state index is 14.2. The fourth-order valence-electron chi connectivity index (χ4n) is 2.83. The molecular weight excluding hydrogens is 307 g/mol. The van der Waals surface area contributed by atoms with Crippen molar-refractivity contribution in [1.82, 2.24) is 4.98 Å². The van der Waals surface area contributed by atoms with Crippen LogP contribution in [0.5, 0.6) is 5.75 Å². The summed E-state index contributed by atoms with van der Waals surface area (Å²) in [5.74, 6) is 0.437. The van der Waals surface area contributed by atoms with Crippen molar-refractivity contribution in [2.24, 2.45) is 0 Å². The van der Waals surface area contributed by atoms with E-state index in [0.717, 1.165) is 11.3 Å². The van der Waals surface area contributed by atoms with Crippen LogP contribution >= 0.6 is 11.6 Å². The topological polar surface area (TPSA) is 45.6 Å². The highest BCUT2D eigenvalue weighted by Gasteiger charge is 2.34. The molecule has 0 radical (unpaired) electrons. The van der Waals surface area contributed by atoms with E-state index < -0.39 is 11.9 Å². The summed E-state index contributed by atoms with van der Waals surface area (Å²) in [4.78, 5) is 5.86. The van der Waals surface area contributed by atoms with Crippen molar-refractivity contribution in [3.63, 3.8) is 0 Å². The van der Waals surface area contributed by atoms with Crippen LogP contribution in [-0.4, -0.2) is 29.8 Å². The van der Waals surface area contributed by atoms with Gasteiger partial charge in [0.2, 0.25) is 0 Å². The third kappa shape index (κ3) is 2.87. The molecule has 0 aliphatic carbocycles. The molecule has 1 aromatic carbocycles. The number of rotatable bonds is 3. The second-order valence-corrected chi connectivity index (χ2v) is 5.73. The Bertz CT molecular complexity index is 683. The molecule has 22 heavy (non-hydrogen) atoms. The summed E-state index contributed by atoms with van der Waals surface area (Å²) in [5, 5.41) is 10.3. The zero-order valence-corrected chi connectivity index (χ0v) is 12.8. The van der Waals surface area contributed by atoms with Gasteiger partial charge in [0.1, 0.15) is 5.75 Å². The number of benzene rings is 1. The molecule has 6 heteroatoms. The first-order valence-electron chi connectivity index (χ1n) is 6.98. The normalized spacial score (nSPS) is 21.2. The van der Waals surface area contributed by atoms with Gasteiger partial charge >= 0.3 is 0 Å².